The Balaban J connectivity index is 2.64. The summed E-state index contributed by atoms with van der Waals surface area (Å²) in [6.07, 6.45) is -2.42. The maximum atomic E-state index is 9.53. The Morgan fingerprint density at radius 1 is 1.46 bits per heavy atom. The van der Waals surface area contributed by atoms with Crippen molar-refractivity contribution in [2.45, 2.75) is 23.9 Å². The van der Waals surface area contributed by atoms with E-state index in [1.807, 2.05) is 0 Å². The lowest BCUT2D eigenvalue weighted by Gasteiger charge is -2.26. The van der Waals surface area contributed by atoms with Crippen molar-refractivity contribution in [2.24, 2.45) is 0 Å². The number of rotatable bonds is 3. The Morgan fingerprint density at radius 2 is 2.08 bits per heavy atom. The third-order valence-electron chi connectivity index (χ3n) is 2.41. The van der Waals surface area contributed by atoms with Crippen LogP contribution in [0.15, 0.2) is 0 Å². The molecule has 1 aliphatic heterocycles. The molecule has 0 bridgehead atoms. The first-order valence-electron chi connectivity index (χ1n) is 4.09. The Kier molecular flexibility index (Phi) is 3.23. The Hall–Kier alpha value is -0.240. The van der Waals surface area contributed by atoms with Gasteiger partial charge in [-0.15, -0.1) is 0 Å². The van der Waals surface area contributed by atoms with Crippen molar-refractivity contribution < 1.29 is 25.5 Å². The van der Waals surface area contributed by atoms with Gasteiger partial charge in [-0.2, -0.15) is 0 Å². The fourth-order valence-electron chi connectivity index (χ4n) is 1.45. The van der Waals surface area contributed by atoms with Crippen molar-refractivity contribution in [3.05, 3.63) is 0 Å². The molecule has 0 radical (unpaired) electrons. The fraction of sp³-hybridized carbons (Fsp3) is 1.00. The molecule has 0 aromatic carbocycles. The topological polar surface area (TPSA) is 113 Å². The summed E-state index contributed by atoms with van der Waals surface area (Å²) in [6, 6.07) is -0.804. The molecule has 0 aromatic heterocycles. The zero-order valence-electron chi connectivity index (χ0n) is 7.09. The van der Waals surface area contributed by atoms with Crippen LogP contribution >= 0.6 is 0 Å². The zero-order valence-corrected chi connectivity index (χ0v) is 7.09. The average molecular weight is 193 g/mol. The molecule has 1 fully saturated rings. The molecular weight excluding hydrogens is 178 g/mol. The smallest absolute Gasteiger partial charge is 0.127 e. The SMILES string of the molecule is OCC(O)C1NCC(O)(CO)C1O. The van der Waals surface area contributed by atoms with Gasteiger partial charge in [0.1, 0.15) is 11.7 Å². The molecule has 6 N–H and O–H groups in total. The monoisotopic (exact) mass is 193 g/mol. The van der Waals surface area contributed by atoms with Gasteiger partial charge in [-0.1, -0.05) is 0 Å². The van der Waals surface area contributed by atoms with Gasteiger partial charge < -0.3 is 30.8 Å². The minimum absolute atomic E-state index is 0.00755. The van der Waals surface area contributed by atoms with E-state index in [1.54, 1.807) is 0 Å². The highest BCUT2D eigenvalue weighted by atomic mass is 16.4. The van der Waals surface area contributed by atoms with E-state index >= 15 is 0 Å². The number of β-amino-alcohol motifs (C(OH)–C–C–N with tert-alkyl or cyclic N) is 1. The number of nitrogens with one attached hydrogen (secondary N) is 1. The van der Waals surface area contributed by atoms with Crippen LogP contribution in [0.2, 0.25) is 0 Å². The Labute approximate surface area is 75.4 Å². The molecule has 6 nitrogen and oxygen atoms in total. The highest BCUT2D eigenvalue weighted by Crippen LogP contribution is 2.21. The van der Waals surface area contributed by atoms with Crippen LogP contribution in [0.1, 0.15) is 0 Å². The highest BCUT2D eigenvalue weighted by molar-refractivity contribution is 5.04. The van der Waals surface area contributed by atoms with Crippen LogP contribution in [0.5, 0.6) is 0 Å². The second-order valence-electron chi connectivity index (χ2n) is 3.36. The van der Waals surface area contributed by atoms with Gasteiger partial charge in [-0.05, 0) is 0 Å². The van der Waals surface area contributed by atoms with Gasteiger partial charge in [0.25, 0.3) is 0 Å². The van der Waals surface area contributed by atoms with Gasteiger partial charge in [0.15, 0.2) is 0 Å². The van der Waals surface area contributed by atoms with Crippen LogP contribution in [-0.4, -0.2) is 69.1 Å². The maximum Gasteiger partial charge on any atom is 0.127 e. The van der Waals surface area contributed by atoms with Crippen LogP contribution in [-0.2, 0) is 0 Å². The average Bonchev–Trinajstić information content (AvgIpc) is 2.44. The van der Waals surface area contributed by atoms with Crippen LogP contribution in [0.25, 0.3) is 0 Å². The lowest BCUT2D eigenvalue weighted by Crippen LogP contribution is -2.50. The molecule has 0 aromatic rings. The van der Waals surface area contributed by atoms with Gasteiger partial charge in [0.2, 0.25) is 0 Å². The predicted molar refractivity (Wildman–Crippen MR) is 42.9 cm³/mol. The van der Waals surface area contributed by atoms with Crippen LogP contribution in [0, 0.1) is 0 Å². The minimum atomic E-state index is -1.62. The number of aliphatic hydroxyl groups is 5. The zero-order chi connectivity index (χ0) is 10.1. The molecule has 4 unspecified atom stereocenters. The van der Waals surface area contributed by atoms with Gasteiger partial charge in [0, 0.05) is 6.54 Å². The standard InChI is InChI=1S/C7H15NO5/c9-1-4(11)5-6(12)7(13,3-10)2-8-5/h4-6,8-13H,1-3H2. The molecule has 1 heterocycles. The Bertz CT molecular complexity index is 178. The normalized spacial score (nSPS) is 42.2. The van der Waals surface area contributed by atoms with E-state index in [0.29, 0.717) is 0 Å². The molecule has 78 valence electrons. The largest absolute Gasteiger partial charge is 0.394 e. The molecule has 6 heteroatoms. The molecule has 0 spiro atoms. The molecule has 1 rings (SSSR count). The first kappa shape index (κ1) is 10.8. The molecule has 0 saturated carbocycles. The van der Waals surface area contributed by atoms with Gasteiger partial charge in [-0.25, -0.2) is 0 Å². The van der Waals surface area contributed by atoms with Crippen LogP contribution in [0.4, 0.5) is 0 Å². The molecule has 13 heavy (non-hydrogen) atoms. The second-order valence-corrected chi connectivity index (χ2v) is 3.36. The van der Waals surface area contributed by atoms with Gasteiger partial charge in [0.05, 0.1) is 25.4 Å². The Morgan fingerprint density at radius 3 is 2.46 bits per heavy atom. The number of aliphatic hydroxyl groups excluding tert-OH is 4. The van der Waals surface area contributed by atoms with E-state index in [4.69, 9.17) is 10.2 Å². The fourth-order valence-corrected chi connectivity index (χ4v) is 1.45. The molecule has 1 saturated heterocycles. The summed E-state index contributed by atoms with van der Waals surface area (Å²) in [5.41, 5.74) is -1.62. The quantitative estimate of drug-likeness (QED) is 0.276. The minimum Gasteiger partial charge on any atom is -0.394 e. The lowest BCUT2D eigenvalue weighted by molar-refractivity contribution is -0.0937. The molecule has 0 amide bonds. The van der Waals surface area contributed by atoms with Crippen molar-refractivity contribution in [1.29, 1.82) is 0 Å². The lowest BCUT2D eigenvalue weighted by atomic mass is 9.95. The first-order chi connectivity index (χ1) is 6.05. The molecule has 1 aliphatic rings. The first-order valence-corrected chi connectivity index (χ1v) is 4.09. The third-order valence-corrected chi connectivity index (χ3v) is 2.41. The number of hydrogen-bond donors (Lipinski definition) is 6. The molecule has 0 aliphatic carbocycles. The second kappa shape index (κ2) is 3.87. The summed E-state index contributed by atoms with van der Waals surface area (Å²) < 4.78 is 0. The van der Waals surface area contributed by atoms with Crippen molar-refractivity contribution in [1.82, 2.24) is 5.32 Å². The van der Waals surface area contributed by atoms with Crippen LogP contribution in [0.3, 0.4) is 0 Å². The van der Waals surface area contributed by atoms with E-state index in [1.165, 1.54) is 0 Å². The van der Waals surface area contributed by atoms with E-state index in [0.717, 1.165) is 0 Å². The van der Waals surface area contributed by atoms with Crippen molar-refractivity contribution in [3.8, 4) is 0 Å². The summed E-state index contributed by atoms with van der Waals surface area (Å²) in [5.74, 6) is 0. The van der Waals surface area contributed by atoms with E-state index < -0.39 is 37.1 Å². The summed E-state index contributed by atoms with van der Waals surface area (Å²) in [6.45, 7) is -1.10. The van der Waals surface area contributed by atoms with E-state index in [-0.39, 0.29) is 6.54 Å². The molecular formula is C7H15NO5. The van der Waals surface area contributed by atoms with Crippen molar-refractivity contribution in [3.63, 3.8) is 0 Å². The summed E-state index contributed by atoms with van der Waals surface area (Å²) in [5, 5.41) is 48.2. The third kappa shape index (κ3) is 1.83. The van der Waals surface area contributed by atoms with Gasteiger partial charge in [-0.3, -0.25) is 0 Å². The van der Waals surface area contributed by atoms with E-state index in [2.05, 4.69) is 5.32 Å². The van der Waals surface area contributed by atoms with Crippen molar-refractivity contribution in [2.75, 3.05) is 19.8 Å². The summed E-state index contributed by atoms with van der Waals surface area (Å²) in [4.78, 5) is 0. The highest BCUT2D eigenvalue weighted by Gasteiger charge is 2.48. The summed E-state index contributed by atoms with van der Waals surface area (Å²) >= 11 is 0. The van der Waals surface area contributed by atoms with Crippen molar-refractivity contribution >= 4 is 0 Å². The summed E-state index contributed by atoms with van der Waals surface area (Å²) in [7, 11) is 0. The predicted octanol–water partition coefficient (Wildman–Crippen LogP) is -3.60. The molecule has 4 atom stereocenters. The maximum absolute atomic E-state index is 9.53. The van der Waals surface area contributed by atoms with Gasteiger partial charge >= 0.3 is 0 Å². The van der Waals surface area contributed by atoms with E-state index in [9.17, 15) is 15.3 Å². The number of hydrogen-bond acceptors (Lipinski definition) is 6. The van der Waals surface area contributed by atoms with Crippen LogP contribution < -0.4 is 5.32 Å².